The molecular weight excluding hydrogens is 226 g/mol. The lowest BCUT2D eigenvalue weighted by Gasteiger charge is -1.98. The van der Waals surface area contributed by atoms with Gasteiger partial charge in [-0.15, -0.1) is 0 Å². The molecule has 0 aliphatic rings. The summed E-state index contributed by atoms with van der Waals surface area (Å²) in [6, 6.07) is 9.96. The van der Waals surface area contributed by atoms with Crippen LogP contribution in [-0.4, -0.2) is 25.0 Å². The molecule has 0 atom stereocenters. The van der Waals surface area contributed by atoms with Gasteiger partial charge >= 0.3 is 0 Å². The first-order valence-electron chi connectivity index (χ1n) is 5.88. The Balaban J connectivity index is 1.94. The van der Waals surface area contributed by atoms with Crippen molar-refractivity contribution in [1.82, 2.24) is 25.0 Å². The zero-order valence-corrected chi connectivity index (χ0v) is 10.0. The Hall–Kier alpha value is -2.43. The molecule has 1 aromatic carbocycles. The minimum absolute atomic E-state index is 0.689. The predicted octanol–water partition coefficient (Wildman–Crippen LogP) is 2.22. The molecule has 1 N–H and O–H groups in total. The number of aromatic nitrogens is 5. The molecule has 0 spiro atoms. The average molecular weight is 239 g/mol. The fourth-order valence-electron chi connectivity index (χ4n) is 1.74. The summed E-state index contributed by atoms with van der Waals surface area (Å²) in [5.41, 5.74) is 1.94. The van der Waals surface area contributed by atoms with Crippen molar-refractivity contribution in [2.75, 3.05) is 0 Å². The van der Waals surface area contributed by atoms with E-state index in [4.69, 9.17) is 0 Å². The van der Waals surface area contributed by atoms with Crippen LogP contribution < -0.4 is 0 Å². The first kappa shape index (κ1) is 10.7. The van der Waals surface area contributed by atoms with E-state index in [1.54, 1.807) is 6.20 Å². The topological polar surface area (TPSA) is 59.4 Å². The highest BCUT2D eigenvalue weighted by molar-refractivity contribution is 5.52. The maximum atomic E-state index is 4.39. The third-order valence-corrected chi connectivity index (χ3v) is 2.73. The zero-order valence-electron chi connectivity index (χ0n) is 10.0. The van der Waals surface area contributed by atoms with E-state index in [0.29, 0.717) is 5.82 Å². The van der Waals surface area contributed by atoms with E-state index >= 15 is 0 Å². The number of nitrogens with zero attached hydrogens (tertiary/aromatic N) is 4. The normalized spacial score (nSPS) is 10.7. The van der Waals surface area contributed by atoms with Crippen LogP contribution in [0.4, 0.5) is 0 Å². The van der Waals surface area contributed by atoms with Crippen molar-refractivity contribution >= 4 is 0 Å². The minimum atomic E-state index is 0.689. The van der Waals surface area contributed by atoms with Crippen LogP contribution in [0.3, 0.4) is 0 Å². The van der Waals surface area contributed by atoms with Gasteiger partial charge < -0.3 is 0 Å². The second kappa shape index (κ2) is 4.44. The van der Waals surface area contributed by atoms with Crippen molar-refractivity contribution in [1.29, 1.82) is 0 Å². The lowest BCUT2D eigenvalue weighted by molar-refractivity contribution is 0.880. The molecule has 90 valence electrons. The number of benzene rings is 1. The van der Waals surface area contributed by atoms with E-state index in [0.717, 1.165) is 23.5 Å². The van der Waals surface area contributed by atoms with Crippen molar-refractivity contribution < 1.29 is 0 Å². The lowest BCUT2D eigenvalue weighted by Crippen LogP contribution is -1.92. The summed E-state index contributed by atoms with van der Waals surface area (Å²) in [5.74, 6) is 1.58. The van der Waals surface area contributed by atoms with Gasteiger partial charge in [-0.1, -0.05) is 25.1 Å². The van der Waals surface area contributed by atoms with Gasteiger partial charge in [0.25, 0.3) is 0 Å². The van der Waals surface area contributed by atoms with E-state index < -0.39 is 0 Å². The minimum Gasteiger partial charge on any atom is -0.263 e. The number of hydrogen-bond acceptors (Lipinski definition) is 3. The maximum Gasteiger partial charge on any atom is 0.184 e. The summed E-state index contributed by atoms with van der Waals surface area (Å²) in [5, 5.41) is 11.4. The molecule has 0 radical (unpaired) electrons. The molecule has 0 unspecified atom stereocenters. The Bertz CT molecular complexity index is 638. The molecule has 2 aromatic heterocycles. The van der Waals surface area contributed by atoms with Crippen LogP contribution in [0, 0.1) is 0 Å². The highest BCUT2D eigenvalue weighted by Gasteiger charge is 2.08. The molecule has 5 nitrogen and oxygen atoms in total. The quantitative estimate of drug-likeness (QED) is 0.762. The van der Waals surface area contributed by atoms with Gasteiger partial charge in [-0.05, 0) is 12.1 Å². The zero-order chi connectivity index (χ0) is 12.4. The largest absolute Gasteiger partial charge is 0.263 e. The maximum absolute atomic E-state index is 4.39. The standard InChI is InChI=1S/C13H13N5/c1-2-12-15-13(17-16-12)10-8-14-18(9-10)11-6-4-3-5-7-11/h3-9H,2H2,1H3,(H,15,16,17). The SMILES string of the molecule is CCc1nc(-c2cnn(-c3ccccc3)c2)n[nH]1. The van der Waals surface area contributed by atoms with Crippen molar-refractivity contribution in [3.63, 3.8) is 0 Å². The van der Waals surface area contributed by atoms with Gasteiger partial charge in [-0.3, -0.25) is 5.10 Å². The number of hydrogen-bond donors (Lipinski definition) is 1. The average Bonchev–Trinajstić information content (AvgIpc) is 3.08. The molecule has 0 aliphatic heterocycles. The third kappa shape index (κ3) is 1.90. The number of aryl methyl sites for hydroxylation is 1. The van der Waals surface area contributed by atoms with Gasteiger partial charge in [-0.2, -0.15) is 10.2 Å². The fraction of sp³-hybridized carbons (Fsp3) is 0.154. The molecule has 0 fully saturated rings. The number of aromatic amines is 1. The van der Waals surface area contributed by atoms with Gasteiger partial charge in [0.15, 0.2) is 5.82 Å². The van der Waals surface area contributed by atoms with Crippen LogP contribution in [0.5, 0.6) is 0 Å². The summed E-state index contributed by atoms with van der Waals surface area (Å²) in [4.78, 5) is 4.39. The first-order valence-corrected chi connectivity index (χ1v) is 5.88. The van der Waals surface area contributed by atoms with Gasteiger partial charge in [0.1, 0.15) is 5.82 Å². The Morgan fingerprint density at radius 3 is 2.78 bits per heavy atom. The van der Waals surface area contributed by atoms with Gasteiger partial charge in [0.05, 0.1) is 17.4 Å². The molecule has 0 amide bonds. The Morgan fingerprint density at radius 2 is 2.06 bits per heavy atom. The smallest absolute Gasteiger partial charge is 0.184 e. The van der Waals surface area contributed by atoms with Gasteiger partial charge in [0, 0.05) is 12.6 Å². The molecule has 2 heterocycles. The molecule has 0 aliphatic carbocycles. The summed E-state index contributed by atoms with van der Waals surface area (Å²) in [6.07, 6.45) is 4.55. The highest BCUT2D eigenvalue weighted by atomic mass is 15.3. The lowest BCUT2D eigenvalue weighted by atomic mass is 10.3. The summed E-state index contributed by atoms with van der Waals surface area (Å²) < 4.78 is 1.82. The molecule has 5 heteroatoms. The fourth-order valence-corrected chi connectivity index (χ4v) is 1.74. The van der Waals surface area contributed by atoms with Crippen LogP contribution >= 0.6 is 0 Å². The molecule has 0 bridgehead atoms. The highest BCUT2D eigenvalue weighted by Crippen LogP contribution is 2.16. The molecule has 3 rings (SSSR count). The van der Waals surface area contributed by atoms with Crippen LogP contribution in [0.2, 0.25) is 0 Å². The predicted molar refractivity (Wildman–Crippen MR) is 68.3 cm³/mol. The monoisotopic (exact) mass is 239 g/mol. The van der Waals surface area contributed by atoms with E-state index in [9.17, 15) is 0 Å². The van der Waals surface area contributed by atoms with Gasteiger partial charge in [0.2, 0.25) is 0 Å². The second-order valence-corrected chi connectivity index (χ2v) is 3.97. The van der Waals surface area contributed by atoms with E-state index in [1.807, 2.05) is 48.1 Å². The number of para-hydroxylation sites is 1. The van der Waals surface area contributed by atoms with Gasteiger partial charge in [-0.25, -0.2) is 9.67 Å². The number of nitrogens with one attached hydrogen (secondary N) is 1. The summed E-state index contributed by atoms with van der Waals surface area (Å²) in [7, 11) is 0. The summed E-state index contributed by atoms with van der Waals surface area (Å²) >= 11 is 0. The Morgan fingerprint density at radius 1 is 1.22 bits per heavy atom. The molecule has 0 saturated heterocycles. The molecular formula is C13H13N5. The van der Waals surface area contributed by atoms with E-state index in [2.05, 4.69) is 20.3 Å². The van der Waals surface area contributed by atoms with Crippen molar-refractivity contribution in [2.45, 2.75) is 13.3 Å². The van der Waals surface area contributed by atoms with Crippen LogP contribution in [-0.2, 0) is 6.42 Å². The molecule has 0 saturated carbocycles. The molecule has 3 aromatic rings. The van der Waals surface area contributed by atoms with Crippen molar-refractivity contribution in [3.05, 3.63) is 48.5 Å². The van der Waals surface area contributed by atoms with E-state index in [-0.39, 0.29) is 0 Å². The second-order valence-electron chi connectivity index (χ2n) is 3.97. The number of rotatable bonds is 3. The van der Waals surface area contributed by atoms with Crippen LogP contribution in [0.25, 0.3) is 17.1 Å². The van der Waals surface area contributed by atoms with E-state index in [1.165, 1.54) is 0 Å². The van der Waals surface area contributed by atoms with Crippen molar-refractivity contribution in [2.24, 2.45) is 0 Å². The van der Waals surface area contributed by atoms with Crippen LogP contribution in [0.1, 0.15) is 12.7 Å². The van der Waals surface area contributed by atoms with Crippen molar-refractivity contribution in [3.8, 4) is 17.1 Å². The molecule has 18 heavy (non-hydrogen) atoms. The Labute approximate surface area is 104 Å². The van der Waals surface area contributed by atoms with Crippen LogP contribution in [0.15, 0.2) is 42.7 Å². The third-order valence-electron chi connectivity index (χ3n) is 2.73. The first-order chi connectivity index (χ1) is 8.86. The Kier molecular flexibility index (Phi) is 2.64. The number of H-pyrrole nitrogens is 1. The summed E-state index contributed by atoms with van der Waals surface area (Å²) in [6.45, 7) is 2.04.